The van der Waals surface area contributed by atoms with E-state index in [4.69, 9.17) is 5.73 Å². The molecule has 1 aromatic rings. The topological polar surface area (TPSA) is 29.3 Å². The predicted molar refractivity (Wildman–Crippen MR) is 84.4 cm³/mol. The van der Waals surface area contributed by atoms with Crippen molar-refractivity contribution in [1.29, 1.82) is 0 Å². The Morgan fingerprint density at radius 1 is 1.05 bits per heavy atom. The van der Waals surface area contributed by atoms with E-state index in [2.05, 4.69) is 58.7 Å². The number of nitrogens with zero attached hydrogens (tertiary/aromatic N) is 1. The fraction of sp³-hybridized carbons (Fsp3) is 0.647. The molecule has 1 aromatic carbocycles. The van der Waals surface area contributed by atoms with Crippen LogP contribution in [0.5, 0.6) is 0 Å². The van der Waals surface area contributed by atoms with Gasteiger partial charge in [0.25, 0.3) is 0 Å². The summed E-state index contributed by atoms with van der Waals surface area (Å²) in [5, 5.41) is 0. The van der Waals surface area contributed by atoms with E-state index in [9.17, 15) is 0 Å². The van der Waals surface area contributed by atoms with Gasteiger partial charge < -0.3 is 10.6 Å². The SMILES string of the molecule is Cc1cc(C)c(CN(C)CCC(N)C(C)C)cc1C. The third-order valence-corrected chi connectivity index (χ3v) is 4.09. The average Bonchev–Trinajstić information content (AvgIpc) is 2.32. The van der Waals surface area contributed by atoms with Gasteiger partial charge in [0.05, 0.1) is 0 Å². The lowest BCUT2D eigenvalue weighted by atomic mass is 10.00. The highest BCUT2D eigenvalue weighted by Gasteiger charge is 2.10. The van der Waals surface area contributed by atoms with Crippen LogP contribution in [0.1, 0.15) is 42.5 Å². The van der Waals surface area contributed by atoms with E-state index >= 15 is 0 Å². The van der Waals surface area contributed by atoms with Crippen molar-refractivity contribution in [2.75, 3.05) is 13.6 Å². The average molecular weight is 262 g/mol. The molecule has 0 aliphatic carbocycles. The van der Waals surface area contributed by atoms with Crippen LogP contribution in [0, 0.1) is 26.7 Å². The van der Waals surface area contributed by atoms with Crippen molar-refractivity contribution >= 4 is 0 Å². The van der Waals surface area contributed by atoms with Crippen LogP contribution >= 0.6 is 0 Å². The first-order valence-corrected chi connectivity index (χ1v) is 7.32. The molecule has 0 heterocycles. The summed E-state index contributed by atoms with van der Waals surface area (Å²) in [4.78, 5) is 2.37. The van der Waals surface area contributed by atoms with Crippen molar-refractivity contribution in [3.8, 4) is 0 Å². The van der Waals surface area contributed by atoms with E-state index < -0.39 is 0 Å². The van der Waals surface area contributed by atoms with Crippen LogP contribution in [0.4, 0.5) is 0 Å². The van der Waals surface area contributed by atoms with E-state index in [1.165, 1.54) is 22.3 Å². The Morgan fingerprint density at radius 2 is 1.63 bits per heavy atom. The largest absolute Gasteiger partial charge is 0.327 e. The normalized spacial score (nSPS) is 13.3. The van der Waals surface area contributed by atoms with Gasteiger partial charge in [-0.1, -0.05) is 26.0 Å². The minimum Gasteiger partial charge on any atom is -0.327 e. The van der Waals surface area contributed by atoms with Crippen molar-refractivity contribution in [2.45, 2.75) is 53.6 Å². The zero-order valence-corrected chi connectivity index (χ0v) is 13.5. The van der Waals surface area contributed by atoms with Gasteiger partial charge in [-0.25, -0.2) is 0 Å². The molecule has 1 atom stereocenters. The molecule has 0 saturated heterocycles. The van der Waals surface area contributed by atoms with Gasteiger partial charge >= 0.3 is 0 Å². The zero-order valence-electron chi connectivity index (χ0n) is 13.5. The summed E-state index contributed by atoms with van der Waals surface area (Å²) < 4.78 is 0. The quantitative estimate of drug-likeness (QED) is 0.851. The summed E-state index contributed by atoms with van der Waals surface area (Å²) in [6, 6.07) is 4.92. The van der Waals surface area contributed by atoms with E-state index in [1.54, 1.807) is 0 Å². The Balaban J connectivity index is 2.57. The molecule has 2 nitrogen and oxygen atoms in total. The smallest absolute Gasteiger partial charge is 0.0233 e. The summed E-state index contributed by atoms with van der Waals surface area (Å²) >= 11 is 0. The Labute approximate surface area is 119 Å². The molecule has 1 rings (SSSR count). The molecular weight excluding hydrogens is 232 g/mol. The molecule has 1 unspecified atom stereocenters. The molecule has 0 bridgehead atoms. The van der Waals surface area contributed by atoms with E-state index in [-0.39, 0.29) is 0 Å². The zero-order chi connectivity index (χ0) is 14.6. The molecule has 2 heteroatoms. The van der Waals surface area contributed by atoms with Crippen LogP contribution in [0.25, 0.3) is 0 Å². The molecule has 0 aliphatic rings. The predicted octanol–water partition coefficient (Wildman–Crippen LogP) is 3.42. The van der Waals surface area contributed by atoms with Gasteiger partial charge in [-0.05, 0) is 69.0 Å². The van der Waals surface area contributed by atoms with Gasteiger partial charge in [0, 0.05) is 12.6 Å². The molecule has 2 N–H and O–H groups in total. The second-order valence-electron chi connectivity index (χ2n) is 6.30. The first kappa shape index (κ1) is 16.2. The maximum Gasteiger partial charge on any atom is 0.0233 e. The van der Waals surface area contributed by atoms with Crippen LogP contribution in [-0.2, 0) is 6.54 Å². The van der Waals surface area contributed by atoms with Crippen molar-refractivity contribution in [3.05, 3.63) is 34.4 Å². The number of nitrogens with two attached hydrogens (primary N) is 1. The van der Waals surface area contributed by atoms with Crippen molar-refractivity contribution in [3.63, 3.8) is 0 Å². The third-order valence-electron chi connectivity index (χ3n) is 4.09. The number of benzene rings is 1. The molecule has 0 fully saturated rings. The molecule has 0 aromatic heterocycles. The number of hydrogen-bond acceptors (Lipinski definition) is 2. The second kappa shape index (κ2) is 7.06. The minimum atomic E-state index is 0.309. The van der Waals surface area contributed by atoms with Gasteiger partial charge in [-0.2, -0.15) is 0 Å². The molecule has 0 saturated carbocycles. The van der Waals surface area contributed by atoms with Crippen molar-refractivity contribution in [1.82, 2.24) is 4.90 Å². The third kappa shape index (κ3) is 4.96. The van der Waals surface area contributed by atoms with Gasteiger partial charge in [0.15, 0.2) is 0 Å². The fourth-order valence-corrected chi connectivity index (χ4v) is 2.26. The van der Waals surface area contributed by atoms with Gasteiger partial charge in [-0.15, -0.1) is 0 Å². The Bertz CT molecular complexity index is 410. The van der Waals surface area contributed by atoms with Crippen LogP contribution < -0.4 is 5.73 Å². The molecule has 0 spiro atoms. The van der Waals surface area contributed by atoms with Crippen LogP contribution in [0.3, 0.4) is 0 Å². The van der Waals surface area contributed by atoms with E-state index in [0.717, 1.165) is 19.5 Å². The highest BCUT2D eigenvalue weighted by atomic mass is 15.1. The van der Waals surface area contributed by atoms with Gasteiger partial charge in [0.2, 0.25) is 0 Å². The highest BCUT2D eigenvalue weighted by Crippen LogP contribution is 2.17. The lowest BCUT2D eigenvalue weighted by Gasteiger charge is -2.22. The maximum atomic E-state index is 6.11. The number of rotatable bonds is 6. The Kier molecular flexibility index (Phi) is 6.02. The maximum absolute atomic E-state index is 6.11. The van der Waals surface area contributed by atoms with Crippen LogP contribution in [-0.4, -0.2) is 24.5 Å². The summed E-state index contributed by atoms with van der Waals surface area (Å²) in [6.07, 6.45) is 1.07. The lowest BCUT2D eigenvalue weighted by molar-refractivity contribution is 0.296. The van der Waals surface area contributed by atoms with Crippen LogP contribution in [0.15, 0.2) is 12.1 Å². The molecule has 0 aliphatic heterocycles. The Morgan fingerprint density at radius 3 is 2.21 bits per heavy atom. The first-order chi connectivity index (χ1) is 8.81. The highest BCUT2D eigenvalue weighted by molar-refractivity contribution is 5.36. The number of aryl methyl sites for hydroxylation is 3. The summed E-state index contributed by atoms with van der Waals surface area (Å²) in [5.41, 5.74) is 11.7. The minimum absolute atomic E-state index is 0.309. The molecular formula is C17H30N2. The summed E-state index contributed by atoms with van der Waals surface area (Å²) in [5.74, 6) is 0.566. The van der Waals surface area contributed by atoms with Crippen molar-refractivity contribution in [2.24, 2.45) is 11.7 Å². The molecule has 0 radical (unpaired) electrons. The standard InChI is InChI=1S/C17H30N2/c1-12(2)17(18)7-8-19(6)11-16-10-14(4)13(3)9-15(16)5/h9-10,12,17H,7-8,11,18H2,1-6H3. The Hall–Kier alpha value is -0.860. The van der Waals surface area contributed by atoms with Crippen molar-refractivity contribution < 1.29 is 0 Å². The molecule has 108 valence electrons. The number of hydrogen-bond donors (Lipinski definition) is 1. The first-order valence-electron chi connectivity index (χ1n) is 7.32. The lowest BCUT2D eigenvalue weighted by Crippen LogP contribution is -2.31. The fourth-order valence-electron chi connectivity index (χ4n) is 2.26. The molecule has 19 heavy (non-hydrogen) atoms. The van der Waals surface area contributed by atoms with E-state index in [0.29, 0.717) is 12.0 Å². The summed E-state index contributed by atoms with van der Waals surface area (Å²) in [6.45, 7) is 13.0. The van der Waals surface area contributed by atoms with Crippen LogP contribution in [0.2, 0.25) is 0 Å². The van der Waals surface area contributed by atoms with Gasteiger partial charge in [-0.3, -0.25) is 0 Å². The second-order valence-corrected chi connectivity index (χ2v) is 6.30. The van der Waals surface area contributed by atoms with Gasteiger partial charge in [0.1, 0.15) is 0 Å². The van der Waals surface area contributed by atoms with E-state index in [1.807, 2.05) is 0 Å². The monoisotopic (exact) mass is 262 g/mol. The summed E-state index contributed by atoms with van der Waals surface area (Å²) in [7, 11) is 2.18. The molecule has 0 amide bonds.